The van der Waals surface area contributed by atoms with Crippen LogP contribution in [-0.2, 0) is 4.79 Å². The molecule has 0 aromatic carbocycles. The van der Waals surface area contributed by atoms with Crippen LogP contribution in [0.1, 0.15) is 38.1 Å². The molecule has 1 saturated heterocycles. The lowest BCUT2D eigenvalue weighted by molar-refractivity contribution is -0.132. The van der Waals surface area contributed by atoms with Crippen LogP contribution in [-0.4, -0.2) is 30.5 Å². The van der Waals surface area contributed by atoms with Crippen molar-refractivity contribution in [3.05, 3.63) is 16.6 Å². The summed E-state index contributed by atoms with van der Waals surface area (Å²) in [5, 5.41) is 9.50. The zero-order valence-corrected chi connectivity index (χ0v) is 12.7. The van der Waals surface area contributed by atoms with Crippen molar-refractivity contribution in [1.82, 2.24) is 15.6 Å². The lowest BCUT2D eigenvalue weighted by atomic mass is 9.75. The smallest absolute Gasteiger partial charge is 0.227 e. The maximum Gasteiger partial charge on any atom is 0.227 e. The van der Waals surface area contributed by atoms with E-state index in [1.165, 1.54) is 0 Å². The zero-order chi connectivity index (χ0) is 13.9. The van der Waals surface area contributed by atoms with Crippen LogP contribution in [0.2, 0.25) is 0 Å². The Balaban J connectivity index is 1.93. The monoisotopic (exact) mass is 281 g/mol. The average Bonchev–Trinajstić information content (AvgIpc) is 3.05. The molecule has 1 aromatic heterocycles. The van der Waals surface area contributed by atoms with E-state index in [0.717, 1.165) is 24.5 Å². The summed E-state index contributed by atoms with van der Waals surface area (Å²) < 4.78 is 0. The Morgan fingerprint density at radius 2 is 2.37 bits per heavy atom. The number of rotatable bonds is 5. The standard InChI is InChI=1S/C14H23N3OS/c1-10(2)14(4-5-15-9-14)13(18)17-8-11(3)12-16-6-7-19-12/h6-7,10-11,15H,4-5,8-9H2,1-3H3,(H,17,18). The van der Waals surface area contributed by atoms with Crippen LogP contribution >= 0.6 is 11.3 Å². The van der Waals surface area contributed by atoms with Gasteiger partial charge in [0.15, 0.2) is 0 Å². The molecule has 1 aliphatic rings. The molecule has 0 aliphatic carbocycles. The van der Waals surface area contributed by atoms with Gasteiger partial charge in [-0.25, -0.2) is 4.98 Å². The molecule has 2 unspecified atom stereocenters. The maximum atomic E-state index is 12.5. The number of nitrogens with zero attached hydrogens (tertiary/aromatic N) is 1. The van der Waals surface area contributed by atoms with Gasteiger partial charge in [-0.2, -0.15) is 0 Å². The highest BCUT2D eigenvalue weighted by atomic mass is 32.1. The second-order valence-electron chi connectivity index (χ2n) is 5.72. The van der Waals surface area contributed by atoms with Crippen molar-refractivity contribution < 1.29 is 4.79 Å². The first kappa shape index (κ1) is 14.5. The van der Waals surface area contributed by atoms with Gasteiger partial charge in [0, 0.05) is 30.6 Å². The Kier molecular flexibility index (Phi) is 4.58. The lowest BCUT2D eigenvalue weighted by Crippen LogP contribution is -2.46. The van der Waals surface area contributed by atoms with Crippen LogP contribution in [0.3, 0.4) is 0 Å². The minimum atomic E-state index is -0.234. The number of hydrogen-bond acceptors (Lipinski definition) is 4. The van der Waals surface area contributed by atoms with Gasteiger partial charge in [-0.1, -0.05) is 20.8 Å². The van der Waals surface area contributed by atoms with Crippen molar-refractivity contribution in [3.63, 3.8) is 0 Å². The van der Waals surface area contributed by atoms with E-state index in [4.69, 9.17) is 0 Å². The second-order valence-corrected chi connectivity index (χ2v) is 6.65. The molecule has 0 saturated carbocycles. The Labute approximate surface area is 119 Å². The maximum absolute atomic E-state index is 12.5. The molecule has 1 amide bonds. The summed E-state index contributed by atoms with van der Waals surface area (Å²) in [6.07, 6.45) is 2.75. The number of nitrogens with one attached hydrogen (secondary N) is 2. The molecule has 0 bridgehead atoms. The molecule has 19 heavy (non-hydrogen) atoms. The Hall–Kier alpha value is -0.940. The van der Waals surface area contributed by atoms with Crippen molar-refractivity contribution in [2.45, 2.75) is 33.1 Å². The Bertz CT molecular complexity index is 410. The minimum Gasteiger partial charge on any atom is -0.355 e. The van der Waals surface area contributed by atoms with Crippen molar-refractivity contribution >= 4 is 17.2 Å². The highest BCUT2D eigenvalue weighted by molar-refractivity contribution is 7.09. The summed E-state index contributed by atoms with van der Waals surface area (Å²) in [7, 11) is 0. The summed E-state index contributed by atoms with van der Waals surface area (Å²) in [6, 6.07) is 0. The largest absolute Gasteiger partial charge is 0.355 e. The first-order valence-electron chi connectivity index (χ1n) is 6.94. The quantitative estimate of drug-likeness (QED) is 0.868. The molecule has 2 atom stereocenters. The number of thiazole rings is 1. The molecule has 2 heterocycles. The van der Waals surface area contributed by atoms with Crippen molar-refractivity contribution in [2.75, 3.05) is 19.6 Å². The number of carbonyl (C=O) groups is 1. The first-order valence-corrected chi connectivity index (χ1v) is 7.82. The van der Waals surface area contributed by atoms with Crippen molar-refractivity contribution in [3.8, 4) is 0 Å². The predicted molar refractivity (Wildman–Crippen MR) is 78.3 cm³/mol. The fourth-order valence-corrected chi connectivity index (χ4v) is 3.35. The predicted octanol–water partition coefficient (Wildman–Crippen LogP) is 2.00. The average molecular weight is 281 g/mol. The summed E-state index contributed by atoms with van der Waals surface area (Å²) in [5.41, 5.74) is -0.234. The first-order chi connectivity index (χ1) is 9.06. The Morgan fingerprint density at radius 3 is 2.89 bits per heavy atom. The fourth-order valence-electron chi connectivity index (χ4n) is 2.65. The third kappa shape index (κ3) is 2.98. The van der Waals surface area contributed by atoms with E-state index in [0.29, 0.717) is 12.5 Å². The van der Waals surface area contributed by atoms with Crippen LogP contribution in [0.4, 0.5) is 0 Å². The van der Waals surface area contributed by atoms with Crippen molar-refractivity contribution in [2.24, 2.45) is 11.3 Å². The summed E-state index contributed by atoms with van der Waals surface area (Å²) in [4.78, 5) is 16.8. The number of carbonyl (C=O) groups excluding carboxylic acids is 1. The molecule has 0 spiro atoms. The van der Waals surface area contributed by atoms with Gasteiger partial charge in [-0.3, -0.25) is 4.79 Å². The topological polar surface area (TPSA) is 54.0 Å². The summed E-state index contributed by atoms with van der Waals surface area (Å²) >= 11 is 1.65. The third-order valence-corrected chi connectivity index (χ3v) is 5.19. The molecule has 1 aromatic rings. The molecule has 2 rings (SSSR count). The molecule has 5 heteroatoms. The van der Waals surface area contributed by atoms with Crippen molar-refractivity contribution in [1.29, 1.82) is 0 Å². The molecule has 1 aliphatic heterocycles. The van der Waals surface area contributed by atoms with Crippen LogP contribution in [0, 0.1) is 11.3 Å². The van der Waals surface area contributed by atoms with E-state index in [1.807, 2.05) is 11.6 Å². The van der Waals surface area contributed by atoms with Crippen LogP contribution < -0.4 is 10.6 Å². The molecule has 1 fully saturated rings. The van der Waals surface area contributed by atoms with Crippen LogP contribution in [0.25, 0.3) is 0 Å². The summed E-state index contributed by atoms with van der Waals surface area (Å²) in [6.45, 7) is 8.78. The molecular weight excluding hydrogens is 258 g/mol. The van der Waals surface area contributed by atoms with E-state index < -0.39 is 0 Å². The summed E-state index contributed by atoms with van der Waals surface area (Å²) in [5.74, 6) is 0.830. The molecule has 4 nitrogen and oxygen atoms in total. The van der Waals surface area contributed by atoms with Gasteiger partial charge in [-0.15, -0.1) is 11.3 Å². The van der Waals surface area contributed by atoms with Gasteiger partial charge in [-0.05, 0) is 18.9 Å². The van der Waals surface area contributed by atoms with Gasteiger partial charge in [0.05, 0.1) is 10.4 Å². The third-order valence-electron chi connectivity index (χ3n) is 4.19. The van der Waals surface area contributed by atoms with Gasteiger partial charge in [0.25, 0.3) is 0 Å². The number of aromatic nitrogens is 1. The molecule has 2 N–H and O–H groups in total. The van der Waals surface area contributed by atoms with Crippen LogP contribution in [0.15, 0.2) is 11.6 Å². The molecule has 0 radical (unpaired) electrons. The molecular formula is C14H23N3OS. The molecule has 106 valence electrons. The van der Waals surface area contributed by atoms with Gasteiger partial charge >= 0.3 is 0 Å². The van der Waals surface area contributed by atoms with E-state index in [9.17, 15) is 4.79 Å². The van der Waals surface area contributed by atoms with E-state index in [-0.39, 0.29) is 17.2 Å². The highest BCUT2D eigenvalue weighted by Gasteiger charge is 2.43. The van der Waals surface area contributed by atoms with Gasteiger partial charge < -0.3 is 10.6 Å². The van der Waals surface area contributed by atoms with E-state index in [1.54, 1.807) is 11.3 Å². The fraction of sp³-hybridized carbons (Fsp3) is 0.714. The van der Waals surface area contributed by atoms with Gasteiger partial charge in [0.2, 0.25) is 5.91 Å². The highest BCUT2D eigenvalue weighted by Crippen LogP contribution is 2.34. The van der Waals surface area contributed by atoms with Gasteiger partial charge in [0.1, 0.15) is 0 Å². The SMILES string of the molecule is CC(CNC(=O)C1(C(C)C)CCNC1)c1nccs1. The van der Waals surface area contributed by atoms with Crippen LogP contribution in [0.5, 0.6) is 0 Å². The normalized spacial score (nSPS) is 24.6. The number of hydrogen-bond donors (Lipinski definition) is 2. The second kappa shape index (κ2) is 6.01. The lowest BCUT2D eigenvalue weighted by Gasteiger charge is -2.31. The van der Waals surface area contributed by atoms with E-state index in [2.05, 4.69) is 36.4 Å². The Morgan fingerprint density at radius 1 is 1.58 bits per heavy atom. The minimum absolute atomic E-state index is 0.191. The van der Waals surface area contributed by atoms with E-state index >= 15 is 0 Å². The number of amides is 1. The zero-order valence-electron chi connectivity index (χ0n) is 11.9.